The van der Waals surface area contributed by atoms with Crippen molar-refractivity contribution in [1.82, 2.24) is 4.90 Å². The number of hydrogen-bond acceptors (Lipinski definition) is 3. The smallest absolute Gasteiger partial charge is 0.330 e. The minimum absolute atomic E-state index is 0.138. The van der Waals surface area contributed by atoms with E-state index in [2.05, 4.69) is 0 Å². The van der Waals surface area contributed by atoms with E-state index in [9.17, 15) is 19.5 Å². The molecule has 0 aromatic rings. The Balaban J connectivity index is 1.76. The SMILES string of the molecule is O=C1C2C3C=CC(C3)C2C(=O)N1C1(C(=O)O)CCCC1. The number of likely N-dealkylation sites (tertiary alicyclic amines) is 1. The van der Waals surface area contributed by atoms with E-state index in [0.717, 1.165) is 24.2 Å². The van der Waals surface area contributed by atoms with Crippen molar-refractivity contribution in [3.8, 4) is 0 Å². The van der Waals surface area contributed by atoms with Gasteiger partial charge in [-0.15, -0.1) is 0 Å². The van der Waals surface area contributed by atoms with Gasteiger partial charge in [0.25, 0.3) is 0 Å². The molecule has 1 saturated heterocycles. The number of carboxylic acids is 1. The van der Waals surface area contributed by atoms with Gasteiger partial charge >= 0.3 is 5.97 Å². The second-order valence-corrected chi connectivity index (χ2v) is 6.56. The van der Waals surface area contributed by atoms with Gasteiger partial charge in [0.05, 0.1) is 11.8 Å². The normalized spacial score (nSPS) is 40.7. The average molecular weight is 275 g/mol. The summed E-state index contributed by atoms with van der Waals surface area (Å²) in [4.78, 5) is 38.3. The Morgan fingerprint density at radius 2 is 1.60 bits per heavy atom. The largest absolute Gasteiger partial charge is 0.479 e. The molecule has 5 heteroatoms. The molecule has 5 nitrogen and oxygen atoms in total. The summed E-state index contributed by atoms with van der Waals surface area (Å²) in [6.07, 6.45) is 7.28. The Kier molecular flexibility index (Phi) is 2.25. The highest BCUT2D eigenvalue weighted by molar-refractivity contribution is 6.10. The van der Waals surface area contributed by atoms with Crippen molar-refractivity contribution in [2.75, 3.05) is 0 Å². The van der Waals surface area contributed by atoms with Crippen LogP contribution in [0.2, 0.25) is 0 Å². The second kappa shape index (κ2) is 3.71. The lowest BCUT2D eigenvalue weighted by Crippen LogP contribution is -2.56. The van der Waals surface area contributed by atoms with Gasteiger partial charge in [-0.25, -0.2) is 4.79 Å². The number of hydrogen-bond donors (Lipinski definition) is 1. The fraction of sp³-hybridized carbons (Fsp3) is 0.667. The Morgan fingerprint density at radius 1 is 1.10 bits per heavy atom. The topological polar surface area (TPSA) is 74.7 Å². The number of rotatable bonds is 2. The van der Waals surface area contributed by atoms with E-state index in [1.807, 2.05) is 12.2 Å². The summed E-state index contributed by atoms with van der Waals surface area (Å²) in [5.41, 5.74) is -1.27. The van der Waals surface area contributed by atoms with Crippen LogP contribution >= 0.6 is 0 Å². The summed E-state index contributed by atoms with van der Waals surface area (Å²) in [6.45, 7) is 0. The molecule has 2 amide bonds. The van der Waals surface area contributed by atoms with Crippen molar-refractivity contribution in [3.05, 3.63) is 12.2 Å². The average Bonchev–Trinajstić information content (AvgIpc) is 3.14. The van der Waals surface area contributed by atoms with E-state index < -0.39 is 11.5 Å². The van der Waals surface area contributed by atoms with Crippen molar-refractivity contribution in [2.24, 2.45) is 23.7 Å². The number of amides is 2. The van der Waals surface area contributed by atoms with Gasteiger partial charge in [-0.2, -0.15) is 0 Å². The summed E-state index contributed by atoms with van der Waals surface area (Å²) in [5.74, 6) is -1.81. The molecule has 0 aromatic heterocycles. The molecule has 1 heterocycles. The quantitative estimate of drug-likeness (QED) is 0.607. The number of fused-ring (bicyclic) bond motifs is 5. The predicted octanol–water partition coefficient (Wildman–Crippen LogP) is 1.19. The van der Waals surface area contributed by atoms with Gasteiger partial charge < -0.3 is 5.11 Å². The molecule has 106 valence electrons. The van der Waals surface area contributed by atoms with Gasteiger partial charge in [0.15, 0.2) is 0 Å². The fourth-order valence-corrected chi connectivity index (χ4v) is 4.82. The van der Waals surface area contributed by atoms with E-state index in [1.165, 1.54) is 0 Å². The van der Waals surface area contributed by atoms with E-state index in [0.29, 0.717) is 12.8 Å². The predicted molar refractivity (Wildman–Crippen MR) is 68.4 cm³/mol. The molecule has 20 heavy (non-hydrogen) atoms. The molecule has 4 rings (SSSR count). The van der Waals surface area contributed by atoms with Crippen molar-refractivity contribution in [2.45, 2.75) is 37.6 Å². The lowest BCUT2D eigenvalue weighted by Gasteiger charge is -2.34. The first-order valence-corrected chi connectivity index (χ1v) is 7.36. The van der Waals surface area contributed by atoms with Gasteiger partial charge in [0.2, 0.25) is 11.8 Å². The highest BCUT2D eigenvalue weighted by atomic mass is 16.4. The number of carboxylic acid groups (broad SMARTS) is 1. The van der Waals surface area contributed by atoms with Gasteiger partial charge in [0.1, 0.15) is 5.54 Å². The van der Waals surface area contributed by atoms with Crippen LogP contribution in [0.1, 0.15) is 32.1 Å². The summed E-state index contributed by atoms with van der Waals surface area (Å²) in [6, 6.07) is 0. The number of imide groups is 1. The van der Waals surface area contributed by atoms with Gasteiger partial charge in [-0.1, -0.05) is 25.0 Å². The highest BCUT2D eigenvalue weighted by Crippen LogP contribution is 2.55. The second-order valence-electron chi connectivity index (χ2n) is 6.56. The molecule has 0 spiro atoms. The van der Waals surface area contributed by atoms with Gasteiger partial charge in [0, 0.05) is 0 Å². The maximum atomic E-state index is 12.7. The Bertz CT molecular complexity index is 516. The van der Waals surface area contributed by atoms with Crippen LogP contribution in [0.15, 0.2) is 12.2 Å². The number of nitrogens with zero attached hydrogens (tertiary/aromatic N) is 1. The van der Waals surface area contributed by atoms with Gasteiger partial charge in [-0.3, -0.25) is 14.5 Å². The number of carbonyl (C=O) groups is 3. The number of aliphatic carboxylic acids is 1. The molecule has 4 atom stereocenters. The van der Waals surface area contributed by atoms with E-state index >= 15 is 0 Å². The Labute approximate surface area is 116 Å². The zero-order chi connectivity index (χ0) is 14.1. The standard InChI is InChI=1S/C15H17NO4/c17-12-10-8-3-4-9(7-8)11(10)13(18)16(12)15(14(19)20)5-1-2-6-15/h3-4,8-11H,1-2,5-7H2,(H,19,20). The zero-order valence-electron chi connectivity index (χ0n) is 11.1. The van der Waals surface area contributed by atoms with Crippen LogP contribution in [-0.4, -0.2) is 33.3 Å². The first-order valence-electron chi connectivity index (χ1n) is 7.36. The van der Waals surface area contributed by atoms with Crippen molar-refractivity contribution in [3.63, 3.8) is 0 Å². The molecular weight excluding hydrogens is 258 g/mol. The third kappa shape index (κ3) is 1.21. The van der Waals surface area contributed by atoms with Crippen LogP contribution in [0.3, 0.4) is 0 Å². The van der Waals surface area contributed by atoms with Crippen LogP contribution in [-0.2, 0) is 14.4 Å². The van der Waals surface area contributed by atoms with Crippen molar-refractivity contribution >= 4 is 17.8 Å². The molecule has 2 saturated carbocycles. The van der Waals surface area contributed by atoms with E-state index in [1.54, 1.807) is 0 Å². The summed E-state index contributed by atoms with van der Waals surface area (Å²) in [5, 5.41) is 9.61. The van der Waals surface area contributed by atoms with Crippen LogP contribution in [0.5, 0.6) is 0 Å². The zero-order valence-corrected chi connectivity index (χ0v) is 11.1. The minimum atomic E-state index is -1.27. The molecule has 0 radical (unpaired) electrons. The maximum Gasteiger partial charge on any atom is 0.330 e. The third-order valence-corrected chi connectivity index (χ3v) is 5.73. The molecule has 1 aliphatic heterocycles. The molecule has 4 aliphatic rings. The van der Waals surface area contributed by atoms with Crippen molar-refractivity contribution in [1.29, 1.82) is 0 Å². The molecular formula is C15H17NO4. The summed E-state index contributed by atoms with van der Waals surface area (Å²) < 4.78 is 0. The highest BCUT2D eigenvalue weighted by Gasteiger charge is 2.65. The lowest BCUT2D eigenvalue weighted by atomic mass is 9.85. The van der Waals surface area contributed by atoms with E-state index in [4.69, 9.17) is 0 Å². The Morgan fingerprint density at radius 3 is 2.05 bits per heavy atom. The lowest BCUT2D eigenvalue weighted by molar-refractivity contribution is -0.164. The minimum Gasteiger partial charge on any atom is -0.479 e. The molecule has 3 fully saturated rings. The molecule has 0 aromatic carbocycles. The molecule has 4 unspecified atom stereocenters. The first-order chi connectivity index (χ1) is 9.56. The van der Waals surface area contributed by atoms with Crippen LogP contribution < -0.4 is 0 Å². The maximum absolute atomic E-state index is 12.7. The van der Waals surface area contributed by atoms with Crippen LogP contribution in [0, 0.1) is 23.7 Å². The van der Waals surface area contributed by atoms with Gasteiger partial charge in [-0.05, 0) is 31.1 Å². The fourth-order valence-electron chi connectivity index (χ4n) is 4.82. The number of carbonyl (C=O) groups excluding carboxylic acids is 2. The van der Waals surface area contributed by atoms with Crippen LogP contribution in [0.4, 0.5) is 0 Å². The third-order valence-electron chi connectivity index (χ3n) is 5.73. The number of allylic oxidation sites excluding steroid dienone is 2. The molecule has 1 N–H and O–H groups in total. The summed E-state index contributed by atoms with van der Waals surface area (Å²) >= 11 is 0. The van der Waals surface area contributed by atoms with Crippen LogP contribution in [0.25, 0.3) is 0 Å². The Hall–Kier alpha value is -1.65. The molecule has 2 bridgehead atoms. The van der Waals surface area contributed by atoms with E-state index in [-0.39, 0.29) is 35.5 Å². The van der Waals surface area contributed by atoms with Crippen molar-refractivity contribution < 1.29 is 19.5 Å². The summed E-state index contributed by atoms with van der Waals surface area (Å²) in [7, 11) is 0. The monoisotopic (exact) mass is 275 g/mol. The first kappa shape index (κ1) is 12.1. The molecule has 3 aliphatic carbocycles.